The second-order valence-corrected chi connectivity index (χ2v) is 21.0. The van der Waals surface area contributed by atoms with Gasteiger partial charge in [0.2, 0.25) is 0 Å². The van der Waals surface area contributed by atoms with Gasteiger partial charge in [0.05, 0.1) is 27.7 Å². The van der Waals surface area contributed by atoms with Crippen LogP contribution >= 0.6 is 7.82 Å². The van der Waals surface area contributed by atoms with Crippen LogP contribution in [0.2, 0.25) is 0 Å². The van der Waals surface area contributed by atoms with E-state index in [2.05, 4.69) is 86.8 Å². The van der Waals surface area contributed by atoms with E-state index in [1.54, 1.807) is 0 Å². The van der Waals surface area contributed by atoms with Crippen molar-refractivity contribution in [2.24, 2.45) is 0 Å². The molecule has 0 aromatic carbocycles. The molecule has 0 amide bonds. The molecule has 0 fully saturated rings. The van der Waals surface area contributed by atoms with Crippen molar-refractivity contribution in [3.05, 3.63) is 72.9 Å². The van der Waals surface area contributed by atoms with E-state index in [1.165, 1.54) is 116 Å². The maximum absolute atomic E-state index is 12.8. The molecule has 10 heteroatoms. The van der Waals surface area contributed by atoms with Crippen molar-refractivity contribution in [2.45, 2.75) is 238 Å². The molecule has 0 aromatic heterocycles. The van der Waals surface area contributed by atoms with Gasteiger partial charge in [0.25, 0.3) is 0 Å². The van der Waals surface area contributed by atoms with Gasteiger partial charge in [-0.3, -0.25) is 18.6 Å². The third-order valence-corrected chi connectivity index (χ3v) is 12.7. The lowest BCUT2D eigenvalue weighted by molar-refractivity contribution is -0.870. The molecule has 0 saturated carbocycles. The van der Waals surface area contributed by atoms with Crippen LogP contribution in [-0.4, -0.2) is 74.9 Å². The molecule has 0 saturated heterocycles. The number of phosphoric acid groups is 1. The summed E-state index contributed by atoms with van der Waals surface area (Å²) in [5.41, 5.74) is 0. The number of quaternary nitrogens is 1. The molecule has 0 bridgehead atoms. The number of nitrogens with zero attached hydrogens (tertiary/aromatic N) is 1. The molecule has 9 nitrogen and oxygen atoms in total. The molecule has 0 spiro atoms. The Labute approximate surface area is 418 Å². The molecule has 0 aliphatic carbocycles. The van der Waals surface area contributed by atoms with Crippen LogP contribution in [0.5, 0.6) is 0 Å². The highest BCUT2D eigenvalue weighted by atomic mass is 31.2. The number of esters is 2. The summed E-state index contributed by atoms with van der Waals surface area (Å²) in [4.78, 5) is 35.6. The van der Waals surface area contributed by atoms with Gasteiger partial charge in [-0.1, -0.05) is 228 Å². The van der Waals surface area contributed by atoms with Gasteiger partial charge in [0, 0.05) is 12.8 Å². The van der Waals surface area contributed by atoms with E-state index in [0.717, 1.165) is 83.5 Å². The third-order valence-electron chi connectivity index (χ3n) is 11.8. The standard InChI is InChI=1S/C58H104NO8P/c1-6-8-10-12-14-16-18-20-22-24-26-28-29-31-33-35-37-39-41-43-45-47-49-51-58(61)67-56(55-66-68(62,63)65-53-52-59(3,4)5)54-64-57(60)50-48-46-44-42-40-38-36-34-32-30-27-25-23-21-19-17-15-13-11-9-7-2/h8,10,14,16,20,22,26,28,31,33,37,39,56H,6-7,9,11-13,15,17-19,21,23-25,27,29-30,32,34-36,38,40-55H2,1-5H3/p+1/b10-8-,16-14-,22-20-,28-26-,33-31-,39-37-. The molecule has 0 aliphatic rings. The van der Waals surface area contributed by atoms with Gasteiger partial charge in [-0.2, -0.15) is 0 Å². The van der Waals surface area contributed by atoms with Gasteiger partial charge in [-0.25, -0.2) is 4.57 Å². The summed E-state index contributed by atoms with van der Waals surface area (Å²) in [6.45, 7) is 4.31. The topological polar surface area (TPSA) is 108 Å². The van der Waals surface area contributed by atoms with Crippen LogP contribution in [0.25, 0.3) is 0 Å². The average molecular weight is 975 g/mol. The fraction of sp³-hybridized carbons (Fsp3) is 0.759. The number of phosphoric ester groups is 1. The number of hydrogen-bond donors (Lipinski definition) is 1. The summed E-state index contributed by atoms with van der Waals surface area (Å²) in [6, 6.07) is 0. The Kier molecular flexibility index (Phi) is 47.6. The zero-order chi connectivity index (χ0) is 49.9. The monoisotopic (exact) mass is 975 g/mol. The van der Waals surface area contributed by atoms with E-state index >= 15 is 0 Å². The van der Waals surface area contributed by atoms with E-state index in [9.17, 15) is 19.0 Å². The van der Waals surface area contributed by atoms with Crippen molar-refractivity contribution in [1.29, 1.82) is 0 Å². The van der Waals surface area contributed by atoms with Gasteiger partial charge in [0.1, 0.15) is 19.8 Å². The molecule has 0 rings (SSSR count). The Hall–Kier alpha value is -2.55. The number of carbonyl (C=O) groups is 2. The van der Waals surface area contributed by atoms with Gasteiger partial charge in [0.15, 0.2) is 6.10 Å². The molecule has 0 heterocycles. The summed E-state index contributed by atoms with van der Waals surface area (Å²) in [6.07, 6.45) is 63.9. The minimum Gasteiger partial charge on any atom is -0.462 e. The predicted octanol–water partition coefficient (Wildman–Crippen LogP) is 16.9. The molecule has 2 atom stereocenters. The second-order valence-electron chi connectivity index (χ2n) is 19.6. The molecule has 2 unspecified atom stereocenters. The number of likely N-dealkylation sites (N-methyl/N-ethyl adjacent to an activating group) is 1. The van der Waals surface area contributed by atoms with Crippen LogP contribution in [0.1, 0.15) is 232 Å². The lowest BCUT2D eigenvalue weighted by atomic mass is 10.0. The first kappa shape index (κ1) is 65.5. The van der Waals surface area contributed by atoms with Crippen LogP contribution in [0.3, 0.4) is 0 Å². The first-order chi connectivity index (χ1) is 33.0. The minimum atomic E-state index is -4.39. The van der Waals surface area contributed by atoms with Crippen LogP contribution in [-0.2, 0) is 32.7 Å². The lowest BCUT2D eigenvalue weighted by Gasteiger charge is -2.24. The zero-order valence-corrected chi connectivity index (χ0v) is 45.5. The summed E-state index contributed by atoms with van der Waals surface area (Å²) >= 11 is 0. The van der Waals surface area contributed by atoms with E-state index in [-0.39, 0.29) is 32.0 Å². The predicted molar refractivity (Wildman–Crippen MR) is 289 cm³/mol. The van der Waals surface area contributed by atoms with Gasteiger partial charge in [-0.05, 0) is 64.2 Å². The Morgan fingerprint density at radius 1 is 0.471 bits per heavy atom. The number of rotatable bonds is 50. The zero-order valence-electron chi connectivity index (χ0n) is 44.6. The lowest BCUT2D eigenvalue weighted by Crippen LogP contribution is -2.37. The van der Waals surface area contributed by atoms with Crippen LogP contribution < -0.4 is 0 Å². The largest absolute Gasteiger partial charge is 0.472 e. The highest BCUT2D eigenvalue weighted by Gasteiger charge is 2.27. The first-order valence-electron chi connectivity index (χ1n) is 27.7. The number of allylic oxidation sites excluding steroid dienone is 12. The minimum absolute atomic E-state index is 0.0241. The van der Waals surface area contributed by atoms with Crippen molar-refractivity contribution in [3.8, 4) is 0 Å². The van der Waals surface area contributed by atoms with Gasteiger partial charge in [-0.15, -0.1) is 0 Å². The molecule has 0 aromatic rings. The number of ether oxygens (including phenoxy) is 2. The van der Waals surface area contributed by atoms with Gasteiger partial charge < -0.3 is 18.9 Å². The second kappa shape index (κ2) is 49.4. The highest BCUT2D eigenvalue weighted by molar-refractivity contribution is 7.47. The molecule has 1 N–H and O–H groups in total. The van der Waals surface area contributed by atoms with Crippen LogP contribution in [0.15, 0.2) is 72.9 Å². The quantitative estimate of drug-likeness (QED) is 0.0211. The van der Waals surface area contributed by atoms with E-state index in [4.69, 9.17) is 18.5 Å². The van der Waals surface area contributed by atoms with Crippen molar-refractivity contribution >= 4 is 19.8 Å². The van der Waals surface area contributed by atoms with Gasteiger partial charge >= 0.3 is 19.8 Å². The Balaban J connectivity index is 4.26. The van der Waals surface area contributed by atoms with E-state index in [1.807, 2.05) is 21.1 Å². The number of hydrogen-bond acceptors (Lipinski definition) is 7. The number of unbranched alkanes of at least 4 members (excludes halogenated alkanes) is 24. The fourth-order valence-electron chi connectivity index (χ4n) is 7.49. The van der Waals surface area contributed by atoms with E-state index < -0.39 is 26.5 Å². The Bertz CT molecular complexity index is 1380. The Morgan fingerprint density at radius 2 is 0.838 bits per heavy atom. The molecular formula is C58H105NO8P+. The average Bonchev–Trinajstić information content (AvgIpc) is 3.30. The SMILES string of the molecule is CC/C=C\C/C=C\C/C=C\C/C=C\C/C=C\C/C=C\CCCCCCC(=O)OC(COC(=O)CCCCCCCCCCCCCCCCCCCCCCC)COP(=O)(O)OCC[N+](C)(C)C. The van der Waals surface area contributed by atoms with Crippen molar-refractivity contribution in [2.75, 3.05) is 47.5 Å². The Morgan fingerprint density at radius 3 is 1.25 bits per heavy atom. The molecule has 394 valence electrons. The summed E-state index contributed by atoms with van der Waals surface area (Å²) in [5, 5.41) is 0. The normalized spacial score (nSPS) is 13.9. The molecular weight excluding hydrogens is 870 g/mol. The first-order valence-corrected chi connectivity index (χ1v) is 29.2. The summed E-state index contributed by atoms with van der Waals surface area (Å²) in [7, 11) is 1.46. The summed E-state index contributed by atoms with van der Waals surface area (Å²) < 4.78 is 34.5. The molecule has 0 radical (unpaired) electrons. The van der Waals surface area contributed by atoms with Crippen LogP contribution in [0.4, 0.5) is 0 Å². The highest BCUT2D eigenvalue weighted by Crippen LogP contribution is 2.43. The molecule has 68 heavy (non-hydrogen) atoms. The van der Waals surface area contributed by atoms with Crippen molar-refractivity contribution in [1.82, 2.24) is 0 Å². The number of carbonyl (C=O) groups excluding carboxylic acids is 2. The summed E-state index contributed by atoms with van der Waals surface area (Å²) in [5.74, 6) is -0.822. The van der Waals surface area contributed by atoms with Crippen molar-refractivity contribution in [3.63, 3.8) is 0 Å². The van der Waals surface area contributed by atoms with Crippen molar-refractivity contribution < 1.29 is 42.1 Å². The third kappa shape index (κ3) is 52.8. The maximum atomic E-state index is 12.8. The smallest absolute Gasteiger partial charge is 0.462 e. The van der Waals surface area contributed by atoms with Crippen LogP contribution in [0, 0.1) is 0 Å². The fourth-order valence-corrected chi connectivity index (χ4v) is 8.23. The van der Waals surface area contributed by atoms with E-state index in [0.29, 0.717) is 17.4 Å². The molecule has 0 aliphatic heterocycles. The maximum Gasteiger partial charge on any atom is 0.472 e.